The predicted octanol–water partition coefficient (Wildman–Crippen LogP) is 6.82. The van der Waals surface area contributed by atoms with Crippen LogP contribution in [-0.4, -0.2) is 23.5 Å². The highest BCUT2D eigenvalue weighted by atomic mass is 35.5. The molecule has 0 saturated heterocycles. The third kappa shape index (κ3) is 5.05. The van der Waals surface area contributed by atoms with E-state index in [1.807, 2.05) is 49.4 Å². The van der Waals surface area contributed by atoms with E-state index in [-0.39, 0.29) is 17.4 Å². The van der Waals surface area contributed by atoms with Crippen molar-refractivity contribution in [1.29, 1.82) is 0 Å². The molecule has 0 saturated carbocycles. The molecule has 8 heteroatoms. The topological polar surface area (TPSA) is 55.7 Å². The van der Waals surface area contributed by atoms with E-state index in [2.05, 4.69) is 15.5 Å². The summed E-state index contributed by atoms with van der Waals surface area (Å²) in [4.78, 5) is 10.1. The molecule has 1 aliphatic rings. The van der Waals surface area contributed by atoms with Crippen molar-refractivity contribution < 1.29 is 18.4 Å². The lowest BCUT2D eigenvalue weighted by Gasteiger charge is -2.26. The van der Waals surface area contributed by atoms with E-state index in [1.54, 1.807) is 12.3 Å². The molecule has 1 aliphatic heterocycles. The number of hydrogen-bond acceptors (Lipinski definition) is 5. The van der Waals surface area contributed by atoms with Crippen LogP contribution in [0.4, 0.5) is 8.78 Å². The van der Waals surface area contributed by atoms with Gasteiger partial charge in [0.15, 0.2) is 11.6 Å². The number of fused-ring (bicyclic) bond motifs is 1. The van der Waals surface area contributed by atoms with Gasteiger partial charge in [0.1, 0.15) is 12.4 Å². The van der Waals surface area contributed by atoms with Crippen molar-refractivity contribution >= 4 is 28.3 Å². The Morgan fingerprint density at radius 1 is 1.11 bits per heavy atom. The highest BCUT2D eigenvalue weighted by molar-refractivity contribution is 6.31. The van der Waals surface area contributed by atoms with E-state index in [0.717, 1.165) is 22.0 Å². The van der Waals surface area contributed by atoms with E-state index < -0.39 is 6.43 Å². The number of amidine groups is 1. The molecule has 3 aromatic carbocycles. The number of alkyl halides is 2. The first kappa shape index (κ1) is 23.1. The Kier molecular flexibility index (Phi) is 6.51. The fraction of sp³-hybridized carbons (Fsp3) is 0.185. The predicted molar refractivity (Wildman–Crippen MR) is 133 cm³/mol. The number of benzene rings is 3. The summed E-state index contributed by atoms with van der Waals surface area (Å²) in [5.41, 5.74) is 3.35. The molecule has 1 N–H and O–H groups in total. The Bertz CT molecular complexity index is 1410. The van der Waals surface area contributed by atoms with Gasteiger partial charge < -0.3 is 14.9 Å². The standard InChI is InChI=1S/C27H22ClF2N3O2/c1-16-9-10-17(22(28)11-16)12-19-15-34-33-27(32-19)25-21-7-2-3-8-23(21)31-14-24(25)35-20-6-4-5-18(13-20)26(29)30/h2-11,13-14,19,26H,12,15H2,1H3,(H,32,33)/t19-/m1/s1. The van der Waals surface area contributed by atoms with Crippen molar-refractivity contribution in [3.05, 3.63) is 100 Å². The molecular weight excluding hydrogens is 472 g/mol. The third-order valence-corrected chi connectivity index (χ3v) is 6.11. The molecular formula is C27H22ClF2N3O2. The van der Waals surface area contributed by atoms with Crippen molar-refractivity contribution in [2.75, 3.05) is 6.61 Å². The van der Waals surface area contributed by atoms with Gasteiger partial charge in [-0.05, 0) is 48.7 Å². The first-order valence-corrected chi connectivity index (χ1v) is 11.5. The van der Waals surface area contributed by atoms with Crippen LogP contribution in [0.1, 0.15) is 28.7 Å². The Morgan fingerprint density at radius 3 is 2.80 bits per heavy atom. The summed E-state index contributed by atoms with van der Waals surface area (Å²) < 4.78 is 32.5. The minimum Gasteiger partial charge on any atom is -0.455 e. The summed E-state index contributed by atoms with van der Waals surface area (Å²) in [5, 5.41) is 9.21. The Hall–Kier alpha value is -3.71. The second-order valence-corrected chi connectivity index (χ2v) is 8.77. The molecule has 0 spiro atoms. The number of nitrogens with zero attached hydrogens (tertiary/aromatic N) is 2. The summed E-state index contributed by atoms with van der Waals surface area (Å²) in [5.74, 6) is 1.13. The van der Waals surface area contributed by atoms with Crippen LogP contribution in [0.3, 0.4) is 0 Å². The van der Waals surface area contributed by atoms with Gasteiger partial charge in [-0.2, -0.15) is 0 Å². The number of nitrogens with one attached hydrogen (secondary N) is 1. The zero-order valence-electron chi connectivity index (χ0n) is 18.8. The number of oxime groups is 1. The zero-order chi connectivity index (χ0) is 24.4. The lowest BCUT2D eigenvalue weighted by Crippen LogP contribution is -2.43. The molecule has 0 fully saturated rings. The monoisotopic (exact) mass is 493 g/mol. The van der Waals surface area contributed by atoms with Crippen LogP contribution < -0.4 is 10.1 Å². The Labute approximate surface area is 206 Å². The average molecular weight is 494 g/mol. The maximum atomic E-state index is 13.2. The van der Waals surface area contributed by atoms with E-state index >= 15 is 0 Å². The third-order valence-electron chi connectivity index (χ3n) is 5.76. The van der Waals surface area contributed by atoms with Gasteiger partial charge in [-0.15, -0.1) is 0 Å². The fourth-order valence-electron chi connectivity index (χ4n) is 4.05. The number of aromatic nitrogens is 1. The van der Waals surface area contributed by atoms with Crippen LogP contribution in [0, 0.1) is 6.92 Å². The quantitative estimate of drug-likeness (QED) is 0.320. The SMILES string of the molecule is Cc1ccc(C[C@@H]2CON=C(c3c(Oc4cccc(C(F)F)c4)cnc4ccccc34)N2)c(Cl)c1. The normalized spacial score (nSPS) is 15.5. The van der Waals surface area contributed by atoms with Gasteiger partial charge in [-0.25, -0.2) is 8.78 Å². The number of rotatable bonds is 6. The number of halogens is 3. The number of pyridine rings is 1. The number of aryl methyl sites for hydroxylation is 1. The van der Waals surface area contributed by atoms with Gasteiger partial charge in [0.25, 0.3) is 6.43 Å². The van der Waals surface area contributed by atoms with Crippen molar-refractivity contribution in [3.8, 4) is 11.5 Å². The summed E-state index contributed by atoms with van der Waals surface area (Å²) in [6, 6.07) is 19.3. The van der Waals surface area contributed by atoms with Gasteiger partial charge in [0.05, 0.1) is 23.3 Å². The molecule has 0 unspecified atom stereocenters. The lowest BCUT2D eigenvalue weighted by molar-refractivity contribution is 0.109. The van der Waals surface area contributed by atoms with Crippen LogP contribution >= 0.6 is 11.6 Å². The van der Waals surface area contributed by atoms with Crippen LogP contribution in [0.2, 0.25) is 5.02 Å². The number of para-hydroxylation sites is 1. The molecule has 0 bridgehead atoms. The van der Waals surface area contributed by atoms with Crippen molar-refractivity contribution in [2.45, 2.75) is 25.8 Å². The van der Waals surface area contributed by atoms with Crippen LogP contribution in [-0.2, 0) is 11.3 Å². The molecule has 2 heterocycles. The van der Waals surface area contributed by atoms with E-state index in [1.165, 1.54) is 18.2 Å². The fourth-order valence-corrected chi connectivity index (χ4v) is 4.36. The minimum atomic E-state index is -2.60. The van der Waals surface area contributed by atoms with Gasteiger partial charge in [-0.1, -0.05) is 59.2 Å². The summed E-state index contributed by atoms with van der Waals surface area (Å²) in [6.07, 6.45) is -0.398. The Balaban J connectivity index is 1.50. The molecule has 1 atom stereocenters. The summed E-state index contributed by atoms with van der Waals surface area (Å²) >= 11 is 6.45. The van der Waals surface area contributed by atoms with Crippen molar-refractivity contribution in [2.24, 2.45) is 5.16 Å². The lowest BCUT2D eigenvalue weighted by atomic mass is 10.0. The van der Waals surface area contributed by atoms with E-state index in [4.69, 9.17) is 21.2 Å². The van der Waals surface area contributed by atoms with E-state index in [0.29, 0.717) is 35.2 Å². The molecule has 0 amide bonds. The van der Waals surface area contributed by atoms with Crippen LogP contribution in [0.15, 0.2) is 78.1 Å². The second-order valence-electron chi connectivity index (χ2n) is 8.37. The maximum absolute atomic E-state index is 13.2. The molecule has 0 radical (unpaired) electrons. The summed E-state index contributed by atoms with van der Waals surface area (Å²) in [7, 11) is 0. The number of ether oxygens (including phenoxy) is 1. The number of hydrogen-bond donors (Lipinski definition) is 1. The molecule has 0 aliphatic carbocycles. The van der Waals surface area contributed by atoms with Gasteiger partial charge in [-0.3, -0.25) is 4.98 Å². The first-order chi connectivity index (χ1) is 17.0. The molecule has 178 valence electrons. The Morgan fingerprint density at radius 2 is 1.97 bits per heavy atom. The molecule has 4 aromatic rings. The molecule has 5 nitrogen and oxygen atoms in total. The van der Waals surface area contributed by atoms with E-state index in [9.17, 15) is 8.78 Å². The second kappa shape index (κ2) is 9.88. The molecule has 35 heavy (non-hydrogen) atoms. The van der Waals surface area contributed by atoms with Gasteiger partial charge in [0, 0.05) is 16.0 Å². The van der Waals surface area contributed by atoms with Crippen molar-refractivity contribution in [3.63, 3.8) is 0 Å². The largest absolute Gasteiger partial charge is 0.455 e. The highest BCUT2D eigenvalue weighted by Crippen LogP contribution is 2.33. The van der Waals surface area contributed by atoms with Gasteiger partial charge in [0.2, 0.25) is 0 Å². The zero-order valence-corrected chi connectivity index (χ0v) is 19.6. The smallest absolute Gasteiger partial charge is 0.263 e. The first-order valence-electron chi connectivity index (χ1n) is 11.1. The maximum Gasteiger partial charge on any atom is 0.263 e. The van der Waals surface area contributed by atoms with Crippen LogP contribution in [0.5, 0.6) is 11.5 Å². The average Bonchev–Trinajstić information content (AvgIpc) is 2.86. The van der Waals surface area contributed by atoms with Crippen molar-refractivity contribution in [1.82, 2.24) is 10.3 Å². The summed E-state index contributed by atoms with van der Waals surface area (Å²) in [6.45, 7) is 2.36. The molecule has 5 rings (SSSR count). The highest BCUT2D eigenvalue weighted by Gasteiger charge is 2.25. The minimum absolute atomic E-state index is 0.0929. The van der Waals surface area contributed by atoms with Gasteiger partial charge >= 0.3 is 0 Å². The van der Waals surface area contributed by atoms with Crippen LogP contribution in [0.25, 0.3) is 10.9 Å². The molecule has 1 aromatic heterocycles.